The van der Waals surface area contributed by atoms with E-state index in [1.807, 2.05) is 17.5 Å². The van der Waals surface area contributed by atoms with Crippen molar-refractivity contribution >= 4 is 46.3 Å². The lowest BCUT2D eigenvalue weighted by Gasteiger charge is -2.28. The van der Waals surface area contributed by atoms with E-state index < -0.39 is 0 Å². The molecule has 1 aliphatic rings. The molecule has 1 aromatic heterocycles. The summed E-state index contributed by atoms with van der Waals surface area (Å²) in [5, 5.41) is 4.75. The molecule has 0 saturated carbocycles. The minimum atomic E-state index is -0.282. The van der Waals surface area contributed by atoms with Gasteiger partial charge in [-0.05, 0) is 50.5 Å². The van der Waals surface area contributed by atoms with Crippen LogP contribution >= 0.6 is 23.1 Å². The molecular weight excluding hydrogens is 394 g/mol. The van der Waals surface area contributed by atoms with Crippen LogP contribution in [0.5, 0.6) is 0 Å². The molecule has 3 rings (SSSR count). The smallest absolute Gasteiger partial charge is 0.311 e. The highest BCUT2D eigenvalue weighted by atomic mass is 32.2. The third kappa shape index (κ3) is 6.24. The van der Waals surface area contributed by atoms with Gasteiger partial charge < -0.3 is 15.0 Å². The van der Waals surface area contributed by atoms with Crippen LogP contribution in [0.25, 0.3) is 0 Å². The standard InChI is InChI=1S/C20H25N3O3S2/c1-2-26-19(25)12-16-13-27-20(22-16)28-14-18(24)21-15-6-8-17(9-7-15)23-10-4-3-5-11-23/h6-9,13H,2-5,10-12,14H2,1H3,(H,21,24). The van der Waals surface area contributed by atoms with Gasteiger partial charge in [0.1, 0.15) is 0 Å². The van der Waals surface area contributed by atoms with Gasteiger partial charge in [0.15, 0.2) is 4.34 Å². The number of hydrogen-bond acceptors (Lipinski definition) is 7. The summed E-state index contributed by atoms with van der Waals surface area (Å²) >= 11 is 2.80. The number of aromatic nitrogens is 1. The van der Waals surface area contributed by atoms with E-state index in [4.69, 9.17) is 4.74 Å². The highest BCUT2D eigenvalue weighted by Crippen LogP contribution is 2.24. The van der Waals surface area contributed by atoms with Gasteiger partial charge in [0, 0.05) is 29.8 Å². The van der Waals surface area contributed by atoms with E-state index in [0.29, 0.717) is 12.3 Å². The van der Waals surface area contributed by atoms with Gasteiger partial charge in [0.25, 0.3) is 0 Å². The van der Waals surface area contributed by atoms with Crippen LogP contribution in [0.3, 0.4) is 0 Å². The lowest BCUT2D eigenvalue weighted by Crippen LogP contribution is -2.29. The topological polar surface area (TPSA) is 71.5 Å². The number of ether oxygens (including phenoxy) is 1. The summed E-state index contributed by atoms with van der Waals surface area (Å²) in [7, 11) is 0. The van der Waals surface area contributed by atoms with Gasteiger partial charge in [-0.1, -0.05) is 11.8 Å². The molecule has 8 heteroatoms. The zero-order chi connectivity index (χ0) is 19.8. The molecule has 0 aliphatic carbocycles. The van der Waals surface area contributed by atoms with Crippen molar-refractivity contribution < 1.29 is 14.3 Å². The van der Waals surface area contributed by atoms with Crippen molar-refractivity contribution in [3.63, 3.8) is 0 Å². The van der Waals surface area contributed by atoms with Crippen molar-refractivity contribution in [2.24, 2.45) is 0 Å². The van der Waals surface area contributed by atoms with E-state index in [0.717, 1.165) is 23.1 Å². The fraction of sp³-hybridized carbons (Fsp3) is 0.450. The maximum atomic E-state index is 12.2. The molecular formula is C20H25N3O3S2. The average molecular weight is 420 g/mol. The Morgan fingerprint density at radius 1 is 1.21 bits per heavy atom. The van der Waals surface area contributed by atoms with E-state index in [2.05, 4.69) is 27.3 Å². The Labute approximate surface area is 173 Å². The van der Waals surface area contributed by atoms with Crippen LogP contribution in [-0.4, -0.2) is 42.3 Å². The number of rotatable bonds is 8. The van der Waals surface area contributed by atoms with Gasteiger partial charge in [-0.25, -0.2) is 4.98 Å². The number of hydrogen-bond donors (Lipinski definition) is 1. The number of nitrogens with one attached hydrogen (secondary N) is 1. The number of carbonyl (C=O) groups excluding carboxylic acids is 2. The van der Waals surface area contributed by atoms with E-state index in [1.54, 1.807) is 6.92 Å². The van der Waals surface area contributed by atoms with Gasteiger partial charge in [-0.2, -0.15) is 0 Å². The minimum Gasteiger partial charge on any atom is -0.466 e. The van der Waals surface area contributed by atoms with Crippen molar-refractivity contribution in [1.29, 1.82) is 0 Å². The molecule has 0 unspecified atom stereocenters. The summed E-state index contributed by atoms with van der Waals surface area (Å²) < 4.78 is 5.69. The first-order valence-electron chi connectivity index (χ1n) is 9.51. The highest BCUT2D eigenvalue weighted by molar-refractivity contribution is 8.01. The molecule has 1 N–H and O–H groups in total. The van der Waals surface area contributed by atoms with Crippen LogP contribution in [0, 0.1) is 0 Å². The Morgan fingerprint density at radius 3 is 2.68 bits per heavy atom. The van der Waals surface area contributed by atoms with E-state index in [1.165, 1.54) is 48.0 Å². The maximum Gasteiger partial charge on any atom is 0.311 e. The molecule has 150 valence electrons. The average Bonchev–Trinajstić information content (AvgIpc) is 3.15. The third-order valence-electron chi connectivity index (χ3n) is 4.36. The highest BCUT2D eigenvalue weighted by Gasteiger charge is 2.12. The number of benzene rings is 1. The second-order valence-electron chi connectivity index (χ2n) is 6.52. The van der Waals surface area contributed by atoms with Gasteiger partial charge in [0.2, 0.25) is 5.91 Å². The normalized spacial score (nSPS) is 14.0. The number of carbonyl (C=O) groups is 2. The number of thioether (sulfide) groups is 1. The first-order chi connectivity index (χ1) is 13.6. The predicted molar refractivity (Wildman–Crippen MR) is 114 cm³/mol. The molecule has 0 atom stereocenters. The minimum absolute atomic E-state index is 0.0714. The Kier molecular flexibility index (Phi) is 7.73. The summed E-state index contributed by atoms with van der Waals surface area (Å²) in [4.78, 5) is 30.4. The molecule has 6 nitrogen and oxygen atoms in total. The van der Waals surface area contributed by atoms with Gasteiger partial charge >= 0.3 is 5.97 Å². The van der Waals surface area contributed by atoms with Crippen LogP contribution < -0.4 is 10.2 Å². The van der Waals surface area contributed by atoms with Crippen LogP contribution in [0.2, 0.25) is 0 Å². The summed E-state index contributed by atoms with van der Waals surface area (Å²) in [5.41, 5.74) is 2.69. The molecule has 1 aromatic carbocycles. The molecule has 0 radical (unpaired) electrons. The number of amides is 1. The molecule has 0 spiro atoms. The Hall–Kier alpha value is -2.06. The maximum absolute atomic E-state index is 12.2. The second-order valence-corrected chi connectivity index (χ2v) is 8.60. The Morgan fingerprint density at radius 2 is 1.96 bits per heavy atom. The van der Waals surface area contributed by atoms with Crippen LogP contribution in [-0.2, 0) is 20.7 Å². The van der Waals surface area contributed by atoms with Gasteiger partial charge in [0.05, 0.1) is 24.5 Å². The number of nitrogens with zero attached hydrogens (tertiary/aromatic N) is 2. The van der Waals surface area contributed by atoms with Crippen LogP contribution in [0.4, 0.5) is 11.4 Å². The summed E-state index contributed by atoms with van der Waals surface area (Å²) in [6, 6.07) is 8.04. The van der Waals surface area contributed by atoms with Crippen molar-refractivity contribution in [3.05, 3.63) is 35.3 Å². The fourth-order valence-electron chi connectivity index (χ4n) is 3.03. The molecule has 1 saturated heterocycles. The Balaban J connectivity index is 1.44. The van der Waals surface area contributed by atoms with Crippen LogP contribution in [0.15, 0.2) is 34.0 Å². The lowest BCUT2D eigenvalue weighted by atomic mass is 10.1. The molecule has 1 amide bonds. The Bertz CT molecular complexity index is 786. The monoisotopic (exact) mass is 419 g/mol. The zero-order valence-electron chi connectivity index (χ0n) is 16.0. The summed E-state index contributed by atoms with van der Waals surface area (Å²) in [5.74, 6) is -0.0757. The largest absolute Gasteiger partial charge is 0.466 e. The van der Waals surface area contributed by atoms with Crippen LogP contribution in [0.1, 0.15) is 31.9 Å². The molecule has 2 heterocycles. The molecule has 1 aliphatic heterocycles. The second kappa shape index (κ2) is 10.5. The first-order valence-corrected chi connectivity index (χ1v) is 11.4. The van der Waals surface area contributed by atoms with Gasteiger partial charge in [-0.3, -0.25) is 9.59 Å². The van der Waals surface area contributed by atoms with Crippen molar-refractivity contribution in [1.82, 2.24) is 4.98 Å². The summed E-state index contributed by atoms with van der Waals surface area (Å²) in [6.45, 7) is 4.35. The van der Waals surface area contributed by atoms with Crippen molar-refractivity contribution in [3.8, 4) is 0 Å². The molecule has 0 bridgehead atoms. The third-order valence-corrected chi connectivity index (χ3v) is 6.43. The fourth-order valence-corrected chi connectivity index (χ4v) is 4.67. The summed E-state index contributed by atoms with van der Waals surface area (Å²) in [6.07, 6.45) is 3.97. The number of anilines is 2. The zero-order valence-corrected chi connectivity index (χ0v) is 17.6. The first kappa shape index (κ1) is 20.7. The molecule has 2 aromatic rings. The number of thiazole rings is 1. The molecule has 1 fully saturated rings. The lowest BCUT2D eigenvalue weighted by molar-refractivity contribution is -0.142. The van der Waals surface area contributed by atoms with Crippen molar-refractivity contribution in [2.75, 3.05) is 35.7 Å². The van der Waals surface area contributed by atoms with E-state index >= 15 is 0 Å². The number of esters is 1. The SMILES string of the molecule is CCOC(=O)Cc1csc(SCC(=O)Nc2ccc(N3CCCCC3)cc2)n1. The van der Waals surface area contributed by atoms with E-state index in [9.17, 15) is 9.59 Å². The number of piperidine rings is 1. The van der Waals surface area contributed by atoms with Crippen molar-refractivity contribution in [2.45, 2.75) is 36.9 Å². The van der Waals surface area contributed by atoms with E-state index in [-0.39, 0.29) is 24.1 Å². The quantitative estimate of drug-likeness (QED) is 0.516. The van der Waals surface area contributed by atoms with Gasteiger partial charge in [-0.15, -0.1) is 11.3 Å². The molecule has 28 heavy (non-hydrogen) atoms. The predicted octanol–water partition coefficient (Wildman–Crippen LogP) is 3.97.